The molecule has 0 spiro atoms. The minimum absolute atomic E-state index is 0.207. The first-order valence-electron chi connectivity index (χ1n) is 5.96. The largest absolute Gasteiger partial charge is 0.480 e. The molecule has 1 aliphatic rings. The molecule has 0 radical (unpaired) electrons. The zero-order valence-corrected chi connectivity index (χ0v) is 10.2. The number of hydrogen-bond acceptors (Lipinski definition) is 3. The molecule has 0 aliphatic heterocycles. The average Bonchev–Trinajstić information content (AvgIpc) is 3.13. The van der Waals surface area contributed by atoms with Crippen LogP contribution in [0.1, 0.15) is 32.4 Å². The average molecular weight is 234 g/mol. The molecule has 4 nitrogen and oxygen atoms in total. The van der Waals surface area contributed by atoms with Crippen LogP contribution in [0.15, 0.2) is 24.4 Å². The van der Waals surface area contributed by atoms with Crippen LogP contribution in [0.25, 0.3) is 0 Å². The van der Waals surface area contributed by atoms with E-state index in [1.807, 2.05) is 13.0 Å². The molecule has 1 aliphatic carbocycles. The molecule has 1 saturated carbocycles. The van der Waals surface area contributed by atoms with Crippen molar-refractivity contribution in [1.82, 2.24) is 10.3 Å². The Labute approximate surface area is 101 Å². The lowest BCUT2D eigenvalue weighted by Crippen LogP contribution is -2.51. The first-order chi connectivity index (χ1) is 8.04. The molecular formula is C13H18N2O2. The number of carboxylic acid groups (broad SMARTS) is 1. The summed E-state index contributed by atoms with van der Waals surface area (Å²) in [6.45, 7) is 3.72. The molecule has 1 aromatic rings. The topological polar surface area (TPSA) is 62.2 Å². The van der Waals surface area contributed by atoms with Gasteiger partial charge in [0, 0.05) is 12.2 Å². The van der Waals surface area contributed by atoms with Crippen molar-refractivity contribution in [2.24, 2.45) is 5.92 Å². The second kappa shape index (κ2) is 4.45. The molecule has 4 heteroatoms. The van der Waals surface area contributed by atoms with Gasteiger partial charge in [-0.05, 0) is 44.7 Å². The number of hydrogen-bond donors (Lipinski definition) is 2. The van der Waals surface area contributed by atoms with Gasteiger partial charge in [0.2, 0.25) is 0 Å². The van der Waals surface area contributed by atoms with E-state index in [4.69, 9.17) is 0 Å². The monoisotopic (exact) mass is 234 g/mol. The summed E-state index contributed by atoms with van der Waals surface area (Å²) in [7, 11) is 0. The van der Waals surface area contributed by atoms with Gasteiger partial charge in [0.25, 0.3) is 0 Å². The Balaban J connectivity index is 2.22. The SMILES string of the molecule is CC(NC(C)(C(=O)O)c1ccccn1)C1CC1. The molecule has 17 heavy (non-hydrogen) atoms. The van der Waals surface area contributed by atoms with E-state index < -0.39 is 11.5 Å². The van der Waals surface area contributed by atoms with E-state index in [1.54, 1.807) is 25.3 Å². The Hall–Kier alpha value is -1.42. The predicted octanol–water partition coefficient (Wildman–Crippen LogP) is 1.77. The van der Waals surface area contributed by atoms with Crippen molar-refractivity contribution in [3.8, 4) is 0 Å². The fourth-order valence-electron chi connectivity index (χ4n) is 2.07. The number of nitrogens with zero attached hydrogens (tertiary/aromatic N) is 1. The number of carbonyl (C=O) groups is 1. The first kappa shape index (κ1) is 12.0. The highest BCUT2D eigenvalue weighted by atomic mass is 16.4. The van der Waals surface area contributed by atoms with E-state index in [2.05, 4.69) is 10.3 Å². The van der Waals surface area contributed by atoms with Gasteiger partial charge in [-0.15, -0.1) is 0 Å². The van der Waals surface area contributed by atoms with Gasteiger partial charge < -0.3 is 5.11 Å². The van der Waals surface area contributed by atoms with Gasteiger partial charge in [-0.25, -0.2) is 4.79 Å². The van der Waals surface area contributed by atoms with E-state index in [9.17, 15) is 9.90 Å². The van der Waals surface area contributed by atoms with Gasteiger partial charge in [0.05, 0.1) is 5.69 Å². The molecule has 2 rings (SSSR count). The highest BCUT2D eigenvalue weighted by Gasteiger charge is 2.40. The van der Waals surface area contributed by atoms with E-state index >= 15 is 0 Å². The van der Waals surface area contributed by atoms with Crippen LogP contribution in [-0.4, -0.2) is 22.1 Å². The van der Waals surface area contributed by atoms with Crippen molar-refractivity contribution < 1.29 is 9.90 Å². The Morgan fingerprint density at radius 2 is 2.29 bits per heavy atom. The van der Waals surface area contributed by atoms with Crippen molar-refractivity contribution >= 4 is 5.97 Å². The maximum atomic E-state index is 11.5. The predicted molar refractivity (Wildman–Crippen MR) is 64.5 cm³/mol. The third kappa shape index (κ3) is 2.47. The zero-order chi connectivity index (χ0) is 12.5. The summed E-state index contributed by atoms with van der Waals surface area (Å²) in [5, 5.41) is 12.6. The van der Waals surface area contributed by atoms with E-state index in [0.717, 1.165) is 0 Å². The first-order valence-corrected chi connectivity index (χ1v) is 5.96. The second-order valence-corrected chi connectivity index (χ2v) is 4.92. The van der Waals surface area contributed by atoms with Gasteiger partial charge in [0.1, 0.15) is 0 Å². The summed E-state index contributed by atoms with van der Waals surface area (Å²) in [6, 6.07) is 5.56. The minimum atomic E-state index is -1.11. The van der Waals surface area contributed by atoms with Crippen LogP contribution >= 0.6 is 0 Å². The van der Waals surface area contributed by atoms with Crippen LogP contribution in [0.4, 0.5) is 0 Å². The van der Waals surface area contributed by atoms with Crippen molar-refractivity contribution in [3.05, 3.63) is 30.1 Å². The molecule has 2 atom stereocenters. The summed E-state index contributed by atoms with van der Waals surface area (Å²) in [5.74, 6) is -0.277. The van der Waals surface area contributed by atoms with Gasteiger partial charge in [-0.2, -0.15) is 0 Å². The highest BCUT2D eigenvalue weighted by Crippen LogP contribution is 2.34. The maximum Gasteiger partial charge on any atom is 0.329 e. The molecule has 2 unspecified atom stereocenters. The lowest BCUT2D eigenvalue weighted by atomic mass is 9.95. The molecule has 2 N–H and O–H groups in total. The summed E-state index contributed by atoms with van der Waals surface area (Å²) in [5.41, 5.74) is -0.552. The fraction of sp³-hybridized carbons (Fsp3) is 0.538. The van der Waals surface area contributed by atoms with Crippen LogP contribution < -0.4 is 5.32 Å². The standard InChI is InChI=1S/C13H18N2O2/c1-9(10-6-7-10)15-13(2,12(16)17)11-5-3-4-8-14-11/h3-5,8-10,15H,6-7H2,1-2H3,(H,16,17). The van der Waals surface area contributed by atoms with Crippen LogP contribution in [0.2, 0.25) is 0 Å². The molecule has 0 aromatic carbocycles. The summed E-state index contributed by atoms with van der Waals surface area (Å²) in [6.07, 6.45) is 4.00. The van der Waals surface area contributed by atoms with Gasteiger partial charge in [-0.3, -0.25) is 10.3 Å². The third-order valence-corrected chi connectivity index (χ3v) is 3.45. The Morgan fingerprint density at radius 3 is 2.76 bits per heavy atom. The summed E-state index contributed by atoms with van der Waals surface area (Å²) in [4.78, 5) is 15.7. The molecule has 0 amide bonds. The van der Waals surface area contributed by atoms with E-state index in [-0.39, 0.29) is 6.04 Å². The van der Waals surface area contributed by atoms with Crippen molar-refractivity contribution in [2.45, 2.75) is 38.3 Å². The molecule has 1 heterocycles. The van der Waals surface area contributed by atoms with E-state index in [0.29, 0.717) is 11.6 Å². The number of nitrogens with one attached hydrogen (secondary N) is 1. The number of aliphatic carboxylic acids is 1. The number of rotatable bonds is 5. The van der Waals surface area contributed by atoms with Crippen LogP contribution in [0.3, 0.4) is 0 Å². The van der Waals surface area contributed by atoms with Gasteiger partial charge in [-0.1, -0.05) is 6.07 Å². The van der Waals surface area contributed by atoms with Crippen LogP contribution in [0.5, 0.6) is 0 Å². The number of pyridine rings is 1. The third-order valence-electron chi connectivity index (χ3n) is 3.45. The van der Waals surface area contributed by atoms with Gasteiger partial charge >= 0.3 is 5.97 Å². The zero-order valence-electron chi connectivity index (χ0n) is 10.2. The fourth-order valence-corrected chi connectivity index (χ4v) is 2.07. The van der Waals surface area contributed by atoms with Crippen molar-refractivity contribution in [3.63, 3.8) is 0 Å². The van der Waals surface area contributed by atoms with Crippen molar-refractivity contribution in [2.75, 3.05) is 0 Å². The molecule has 92 valence electrons. The molecule has 0 bridgehead atoms. The Kier molecular flexibility index (Phi) is 3.15. The highest BCUT2D eigenvalue weighted by molar-refractivity contribution is 5.79. The molecule has 1 aromatic heterocycles. The lowest BCUT2D eigenvalue weighted by molar-refractivity contribution is -0.145. The normalized spacial score (nSPS) is 20.6. The Morgan fingerprint density at radius 1 is 1.59 bits per heavy atom. The molecular weight excluding hydrogens is 216 g/mol. The van der Waals surface area contributed by atoms with Crippen molar-refractivity contribution in [1.29, 1.82) is 0 Å². The maximum absolute atomic E-state index is 11.5. The van der Waals surface area contributed by atoms with E-state index in [1.165, 1.54) is 12.8 Å². The quantitative estimate of drug-likeness (QED) is 0.815. The molecule has 1 fully saturated rings. The summed E-state index contributed by atoms with van der Waals surface area (Å²) < 4.78 is 0. The van der Waals surface area contributed by atoms with Crippen LogP contribution in [-0.2, 0) is 10.3 Å². The smallest absolute Gasteiger partial charge is 0.329 e. The minimum Gasteiger partial charge on any atom is -0.480 e. The second-order valence-electron chi connectivity index (χ2n) is 4.92. The molecule has 0 saturated heterocycles. The van der Waals surface area contributed by atoms with Crippen LogP contribution in [0, 0.1) is 5.92 Å². The lowest BCUT2D eigenvalue weighted by Gasteiger charge is -2.29. The number of aromatic nitrogens is 1. The van der Waals surface area contributed by atoms with Gasteiger partial charge in [0.15, 0.2) is 5.54 Å². The number of carboxylic acids is 1. The summed E-state index contributed by atoms with van der Waals surface area (Å²) >= 11 is 0. The Bertz CT molecular complexity index is 403.